The van der Waals surface area contributed by atoms with Gasteiger partial charge in [-0.1, -0.05) is 12.1 Å². The number of aromatic nitrogens is 2. The van der Waals surface area contributed by atoms with Gasteiger partial charge in [0, 0.05) is 18.7 Å². The molecule has 3 aromatic rings. The molecule has 0 aliphatic carbocycles. The Balaban J connectivity index is 2.00. The number of carbonyl (C=O) groups is 1. The molecule has 29 heavy (non-hydrogen) atoms. The zero-order chi connectivity index (χ0) is 21.1. The number of nitrogens with zero attached hydrogens (tertiary/aromatic N) is 2. The summed E-state index contributed by atoms with van der Waals surface area (Å²) in [6.45, 7) is 6.39. The Labute approximate surface area is 168 Å². The second kappa shape index (κ2) is 8.34. The van der Waals surface area contributed by atoms with Gasteiger partial charge in [-0.3, -0.25) is 14.2 Å². The molecule has 0 spiro atoms. The molecule has 1 N–H and O–H groups in total. The summed E-state index contributed by atoms with van der Waals surface area (Å²) >= 11 is 0. The third kappa shape index (κ3) is 3.81. The summed E-state index contributed by atoms with van der Waals surface area (Å²) in [4.78, 5) is 42.2. The zero-order valence-corrected chi connectivity index (χ0v) is 17.1. The summed E-state index contributed by atoms with van der Waals surface area (Å²) in [7, 11) is 1.61. The molecule has 1 unspecified atom stereocenters. The zero-order valence-electron chi connectivity index (χ0n) is 17.1. The maximum atomic E-state index is 13.2. The van der Waals surface area contributed by atoms with E-state index in [2.05, 4.69) is 4.98 Å². The van der Waals surface area contributed by atoms with Crippen molar-refractivity contribution in [3.63, 3.8) is 0 Å². The number of methoxy groups -OCH3 is 1. The first-order chi connectivity index (χ1) is 13.9. The highest BCUT2D eigenvalue weighted by molar-refractivity contribution is 5.97. The minimum atomic E-state index is -0.480. The van der Waals surface area contributed by atoms with E-state index in [1.165, 1.54) is 0 Å². The van der Waals surface area contributed by atoms with Gasteiger partial charge in [0.2, 0.25) is 0 Å². The quantitative estimate of drug-likeness (QED) is 0.695. The average Bonchev–Trinajstić information content (AvgIpc) is 2.74. The minimum Gasteiger partial charge on any atom is -0.497 e. The van der Waals surface area contributed by atoms with Gasteiger partial charge in [0.1, 0.15) is 5.75 Å². The standard InChI is InChI=1S/C22H25N3O4/c1-5-24(14(3)15-8-7-9-17(12-15)29-4)20(26)16-10-11-18-19(13-16)23-22(28)25(6-2)21(18)27/h7-14H,5-6H2,1-4H3,(H,23,28). The first-order valence-corrected chi connectivity index (χ1v) is 9.63. The molecule has 1 aromatic heterocycles. The van der Waals surface area contributed by atoms with E-state index < -0.39 is 5.69 Å². The Kier molecular flexibility index (Phi) is 5.87. The molecule has 0 radical (unpaired) electrons. The fourth-order valence-corrected chi connectivity index (χ4v) is 3.52. The van der Waals surface area contributed by atoms with E-state index in [9.17, 15) is 14.4 Å². The van der Waals surface area contributed by atoms with Crippen LogP contribution in [-0.2, 0) is 6.54 Å². The van der Waals surface area contributed by atoms with Gasteiger partial charge < -0.3 is 14.6 Å². The first-order valence-electron chi connectivity index (χ1n) is 9.63. The van der Waals surface area contributed by atoms with Gasteiger partial charge in [-0.2, -0.15) is 0 Å². The van der Waals surface area contributed by atoms with Crippen LogP contribution in [0.15, 0.2) is 52.1 Å². The van der Waals surface area contributed by atoms with Crippen LogP contribution in [0, 0.1) is 0 Å². The van der Waals surface area contributed by atoms with Gasteiger partial charge >= 0.3 is 5.69 Å². The molecule has 7 nitrogen and oxygen atoms in total. The Morgan fingerprint density at radius 2 is 1.93 bits per heavy atom. The van der Waals surface area contributed by atoms with Crippen LogP contribution in [0.4, 0.5) is 0 Å². The number of fused-ring (bicyclic) bond motifs is 1. The largest absolute Gasteiger partial charge is 0.497 e. The monoisotopic (exact) mass is 395 g/mol. The fourth-order valence-electron chi connectivity index (χ4n) is 3.52. The summed E-state index contributed by atoms with van der Waals surface area (Å²) in [5.41, 5.74) is 0.896. The number of benzene rings is 2. The van der Waals surface area contributed by atoms with Crippen molar-refractivity contribution in [2.75, 3.05) is 13.7 Å². The van der Waals surface area contributed by atoms with Gasteiger partial charge in [0.25, 0.3) is 11.5 Å². The molecule has 0 saturated heterocycles. The van der Waals surface area contributed by atoms with Gasteiger partial charge in [-0.25, -0.2) is 4.79 Å². The molecule has 2 aromatic carbocycles. The summed E-state index contributed by atoms with van der Waals surface area (Å²) in [6, 6.07) is 12.2. The van der Waals surface area contributed by atoms with Crippen LogP contribution in [0.2, 0.25) is 0 Å². The minimum absolute atomic E-state index is 0.176. The summed E-state index contributed by atoms with van der Waals surface area (Å²) in [6.07, 6.45) is 0. The molecule has 1 atom stereocenters. The number of hydrogen-bond donors (Lipinski definition) is 1. The smallest absolute Gasteiger partial charge is 0.328 e. The highest BCUT2D eigenvalue weighted by Crippen LogP contribution is 2.25. The third-order valence-corrected chi connectivity index (χ3v) is 5.19. The number of rotatable bonds is 6. The molecule has 1 amide bonds. The second-order valence-corrected chi connectivity index (χ2v) is 6.78. The first kappa shape index (κ1) is 20.4. The van der Waals surface area contributed by atoms with Gasteiger partial charge in [0.15, 0.2) is 0 Å². The van der Waals surface area contributed by atoms with Crippen molar-refractivity contribution >= 4 is 16.8 Å². The number of hydrogen-bond acceptors (Lipinski definition) is 4. The molecule has 152 valence electrons. The molecular weight excluding hydrogens is 370 g/mol. The van der Waals surface area contributed by atoms with E-state index in [0.717, 1.165) is 15.9 Å². The number of nitrogens with one attached hydrogen (secondary N) is 1. The lowest BCUT2D eigenvalue weighted by Crippen LogP contribution is -2.35. The Morgan fingerprint density at radius 3 is 2.59 bits per heavy atom. The maximum Gasteiger partial charge on any atom is 0.328 e. The molecule has 1 heterocycles. The number of H-pyrrole nitrogens is 1. The van der Waals surface area contributed by atoms with Crippen molar-refractivity contribution in [1.29, 1.82) is 0 Å². The molecule has 0 fully saturated rings. The Morgan fingerprint density at radius 1 is 1.17 bits per heavy atom. The lowest BCUT2D eigenvalue weighted by molar-refractivity contribution is 0.0702. The summed E-state index contributed by atoms with van der Waals surface area (Å²) < 4.78 is 6.42. The van der Waals surface area contributed by atoms with E-state index in [0.29, 0.717) is 23.0 Å². The van der Waals surface area contributed by atoms with Crippen LogP contribution in [0.5, 0.6) is 5.75 Å². The molecule has 0 saturated carbocycles. The lowest BCUT2D eigenvalue weighted by Gasteiger charge is -2.29. The average molecular weight is 395 g/mol. The molecular formula is C22H25N3O4. The Bertz CT molecular complexity index is 1160. The van der Waals surface area contributed by atoms with Gasteiger partial charge in [-0.15, -0.1) is 0 Å². The van der Waals surface area contributed by atoms with Crippen LogP contribution in [0.1, 0.15) is 42.7 Å². The van der Waals surface area contributed by atoms with Crippen molar-refractivity contribution < 1.29 is 9.53 Å². The molecule has 7 heteroatoms. The number of aromatic amines is 1. The van der Waals surface area contributed by atoms with Crippen LogP contribution < -0.4 is 16.0 Å². The van der Waals surface area contributed by atoms with Crippen molar-refractivity contribution in [2.45, 2.75) is 33.4 Å². The number of ether oxygens (including phenoxy) is 1. The lowest BCUT2D eigenvalue weighted by atomic mass is 10.0. The predicted molar refractivity (Wildman–Crippen MR) is 113 cm³/mol. The highest BCUT2D eigenvalue weighted by atomic mass is 16.5. The second-order valence-electron chi connectivity index (χ2n) is 6.78. The van der Waals surface area contributed by atoms with Gasteiger partial charge in [-0.05, 0) is 56.7 Å². The van der Waals surface area contributed by atoms with Crippen LogP contribution >= 0.6 is 0 Å². The van der Waals surface area contributed by atoms with Gasteiger partial charge in [0.05, 0.1) is 24.1 Å². The molecule has 0 aliphatic rings. The number of carbonyl (C=O) groups excluding carboxylic acids is 1. The van der Waals surface area contributed by atoms with E-state index in [1.807, 2.05) is 38.1 Å². The van der Waals surface area contributed by atoms with Crippen molar-refractivity contribution in [1.82, 2.24) is 14.5 Å². The third-order valence-electron chi connectivity index (χ3n) is 5.19. The molecule has 0 bridgehead atoms. The van der Waals surface area contributed by atoms with E-state index in [-0.39, 0.29) is 24.1 Å². The van der Waals surface area contributed by atoms with E-state index in [4.69, 9.17) is 4.74 Å². The van der Waals surface area contributed by atoms with Crippen LogP contribution in [-0.4, -0.2) is 34.0 Å². The maximum absolute atomic E-state index is 13.2. The topological polar surface area (TPSA) is 84.4 Å². The van der Waals surface area contributed by atoms with Crippen LogP contribution in [0.25, 0.3) is 10.9 Å². The predicted octanol–water partition coefficient (Wildman–Crippen LogP) is 2.94. The summed E-state index contributed by atoms with van der Waals surface area (Å²) in [5, 5.41) is 0.381. The van der Waals surface area contributed by atoms with E-state index >= 15 is 0 Å². The molecule has 3 rings (SSSR count). The molecule has 0 aliphatic heterocycles. The number of amides is 1. The normalized spacial score (nSPS) is 12.0. The fraction of sp³-hybridized carbons (Fsp3) is 0.318. The van der Waals surface area contributed by atoms with Crippen molar-refractivity contribution in [2.24, 2.45) is 0 Å². The summed E-state index contributed by atoms with van der Waals surface area (Å²) in [5.74, 6) is 0.554. The van der Waals surface area contributed by atoms with Crippen molar-refractivity contribution in [3.8, 4) is 5.75 Å². The highest BCUT2D eigenvalue weighted by Gasteiger charge is 2.22. The van der Waals surface area contributed by atoms with Crippen LogP contribution in [0.3, 0.4) is 0 Å². The Hall–Kier alpha value is -3.35. The van der Waals surface area contributed by atoms with Crippen molar-refractivity contribution in [3.05, 3.63) is 74.4 Å². The SMILES string of the molecule is CCN(C(=O)c1ccc2c(=O)n(CC)c(=O)[nH]c2c1)C(C)c1cccc(OC)c1. The van der Waals surface area contributed by atoms with E-state index in [1.54, 1.807) is 37.1 Å².